The molecule has 1 heterocycles. The van der Waals surface area contributed by atoms with E-state index in [1.54, 1.807) is 20.8 Å². The van der Waals surface area contributed by atoms with Crippen LogP contribution in [0.1, 0.15) is 46.1 Å². The van der Waals surface area contributed by atoms with Gasteiger partial charge < -0.3 is 15.2 Å². The minimum atomic E-state index is -1.34. The van der Waals surface area contributed by atoms with Crippen LogP contribution >= 0.6 is 0 Å². The molecule has 0 aliphatic heterocycles. The van der Waals surface area contributed by atoms with Gasteiger partial charge in [0.05, 0.1) is 11.5 Å². The smallest absolute Gasteiger partial charge is 0.413 e. The van der Waals surface area contributed by atoms with Crippen molar-refractivity contribution in [2.45, 2.75) is 52.6 Å². The largest absolute Gasteiger partial charge is 0.478 e. The lowest BCUT2D eigenvalue weighted by atomic mass is 10.1. The van der Waals surface area contributed by atoms with Gasteiger partial charge in [0.15, 0.2) is 0 Å². The first-order chi connectivity index (χ1) is 14.1. The van der Waals surface area contributed by atoms with E-state index < -0.39 is 22.2 Å². The zero-order valence-electron chi connectivity index (χ0n) is 17.7. The molecule has 0 aliphatic rings. The predicted molar refractivity (Wildman–Crippen MR) is 115 cm³/mol. The van der Waals surface area contributed by atoms with Crippen LogP contribution in [0.5, 0.6) is 5.88 Å². The van der Waals surface area contributed by atoms with Gasteiger partial charge in [0.1, 0.15) is 5.69 Å². The monoisotopic (exact) mass is 416 g/mol. The first-order valence-electron chi connectivity index (χ1n) is 9.78. The number of nitro groups is 1. The molecule has 30 heavy (non-hydrogen) atoms. The molecule has 9 nitrogen and oxygen atoms in total. The Morgan fingerprint density at radius 2 is 1.97 bits per heavy atom. The minimum absolute atomic E-state index is 0.134. The SMILES string of the molecule is CCCCOc1cc(NCc2ccccc2)c([N+](=O)[O-])c(N(C(=O)O)C(C)(C)C)n1. The number of ether oxygens (including phenoxy) is 1. The third-order valence-corrected chi connectivity index (χ3v) is 4.28. The highest BCUT2D eigenvalue weighted by atomic mass is 16.6. The maximum atomic E-state index is 12.0. The number of amides is 1. The van der Waals surface area contributed by atoms with Gasteiger partial charge in [0.2, 0.25) is 11.7 Å². The number of hydrogen-bond donors (Lipinski definition) is 2. The van der Waals surface area contributed by atoms with Crippen molar-refractivity contribution in [2.24, 2.45) is 0 Å². The molecule has 0 spiro atoms. The molecule has 0 bridgehead atoms. The van der Waals surface area contributed by atoms with Crippen LogP contribution < -0.4 is 15.0 Å². The van der Waals surface area contributed by atoms with Gasteiger partial charge in [-0.05, 0) is 32.8 Å². The number of carbonyl (C=O) groups is 1. The molecule has 0 unspecified atom stereocenters. The Morgan fingerprint density at radius 3 is 2.50 bits per heavy atom. The van der Waals surface area contributed by atoms with Crippen LogP contribution in [0.3, 0.4) is 0 Å². The lowest BCUT2D eigenvalue weighted by molar-refractivity contribution is -0.383. The van der Waals surface area contributed by atoms with Crippen molar-refractivity contribution in [3.05, 3.63) is 52.1 Å². The zero-order valence-corrected chi connectivity index (χ0v) is 17.7. The number of hydrogen-bond acceptors (Lipinski definition) is 6. The fourth-order valence-electron chi connectivity index (χ4n) is 2.86. The number of anilines is 2. The van der Waals surface area contributed by atoms with E-state index in [9.17, 15) is 20.0 Å². The fourth-order valence-corrected chi connectivity index (χ4v) is 2.86. The van der Waals surface area contributed by atoms with Gasteiger partial charge in [-0.2, -0.15) is 4.98 Å². The van der Waals surface area contributed by atoms with Crippen LogP contribution in [-0.2, 0) is 6.54 Å². The van der Waals surface area contributed by atoms with Gasteiger partial charge in [-0.3, -0.25) is 15.0 Å². The molecule has 0 saturated carbocycles. The van der Waals surface area contributed by atoms with E-state index in [-0.39, 0.29) is 17.4 Å². The molecule has 1 amide bonds. The molecular weight excluding hydrogens is 388 g/mol. The van der Waals surface area contributed by atoms with Crippen LogP contribution in [0, 0.1) is 10.1 Å². The van der Waals surface area contributed by atoms with Gasteiger partial charge in [0, 0.05) is 18.2 Å². The quantitative estimate of drug-likeness (QED) is 0.333. The molecule has 1 aromatic carbocycles. The second-order valence-electron chi connectivity index (χ2n) is 7.77. The van der Waals surface area contributed by atoms with Crippen LogP contribution in [-0.4, -0.2) is 33.3 Å². The summed E-state index contributed by atoms with van der Waals surface area (Å²) in [6.07, 6.45) is 0.350. The molecular formula is C21H28N4O5. The van der Waals surface area contributed by atoms with Crippen molar-refractivity contribution in [3.8, 4) is 5.88 Å². The van der Waals surface area contributed by atoms with E-state index in [4.69, 9.17) is 4.74 Å². The second-order valence-corrected chi connectivity index (χ2v) is 7.77. The Kier molecular flexibility index (Phi) is 7.57. The Labute approximate surface area is 175 Å². The van der Waals surface area contributed by atoms with Crippen LogP contribution in [0.15, 0.2) is 36.4 Å². The van der Waals surface area contributed by atoms with E-state index in [2.05, 4.69) is 10.3 Å². The number of carboxylic acid groups (broad SMARTS) is 1. The van der Waals surface area contributed by atoms with Crippen molar-refractivity contribution in [3.63, 3.8) is 0 Å². The van der Waals surface area contributed by atoms with E-state index >= 15 is 0 Å². The zero-order chi connectivity index (χ0) is 22.3. The first kappa shape index (κ1) is 22.9. The molecule has 2 rings (SSSR count). The molecule has 0 fully saturated rings. The van der Waals surface area contributed by atoms with Crippen LogP contribution in [0.2, 0.25) is 0 Å². The van der Waals surface area contributed by atoms with Crippen LogP contribution in [0.25, 0.3) is 0 Å². The number of nitrogens with zero attached hydrogens (tertiary/aromatic N) is 3. The Hall–Kier alpha value is -3.36. The van der Waals surface area contributed by atoms with Gasteiger partial charge in [-0.25, -0.2) is 4.79 Å². The van der Waals surface area contributed by atoms with Crippen molar-refractivity contribution in [2.75, 3.05) is 16.8 Å². The normalized spacial score (nSPS) is 11.1. The highest BCUT2D eigenvalue weighted by Gasteiger charge is 2.37. The summed E-state index contributed by atoms with van der Waals surface area (Å²) in [5.74, 6) is -0.139. The van der Waals surface area contributed by atoms with Crippen molar-refractivity contribution in [1.82, 2.24) is 4.98 Å². The molecule has 162 valence electrons. The van der Waals surface area contributed by atoms with Gasteiger partial charge in [-0.15, -0.1) is 0 Å². The maximum absolute atomic E-state index is 12.0. The van der Waals surface area contributed by atoms with Gasteiger partial charge in [0.25, 0.3) is 0 Å². The third kappa shape index (κ3) is 5.82. The highest BCUT2D eigenvalue weighted by molar-refractivity contribution is 5.92. The average molecular weight is 416 g/mol. The maximum Gasteiger partial charge on any atom is 0.413 e. The summed E-state index contributed by atoms with van der Waals surface area (Å²) in [4.78, 5) is 28.4. The number of nitrogens with one attached hydrogen (secondary N) is 1. The number of benzene rings is 1. The van der Waals surface area contributed by atoms with Crippen molar-refractivity contribution in [1.29, 1.82) is 0 Å². The summed E-state index contributed by atoms with van der Waals surface area (Å²) in [5, 5.41) is 24.8. The topological polar surface area (TPSA) is 118 Å². The van der Waals surface area contributed by atoms with E-state index in [0.717, 1.165) is 23.3 Å². The van der Waals surface area contributed by atoms with Crippen molar-refractivity contribution < 1.29 is 19.6 Å². The fraction of sp³-hybridized carbons (Fsp3) is 0.429. The van der Waals surface area contributed by atoms with Crippen LogP contribution in [0.4, 0.5) is 22.0 Å². The predicted octanol–water partition coefficient (Wildman–Crippen LogP) is 5.06. The molecule has 2 N–H and O–H groups in total. The van der Waals surface area contributed by atoms with Gasteiger partial charge >= 0.3 is 11.8 Å². The summed E-state index contributed by atoms with van der Waals surface area (Å²) in [7, 11) is 0. The van der Waals surface area contributed by atoms with E-state index in [0.29, 0.717) is 13.2 Å². The number of unbranched alkanes of at least 4 members (excludes halogenated alkanes) is 1. The molecule has 2 aromatic rings. The molecule has 0 aliphatic carbocycles. The standard InChI is InChI=1S/C21H28N4O5/c1-5-6-12-30-17-13-16(22-14-15-10-8-7-9-11-15)18(25(28)29)19(23-17)24(20(26)27)21(2,3)4/h7-11,13H,5-6,12,14H2,1-4H3,(H,22,23)(H,26,27). The van der Waals surface area contributed by atoms with E-state index in [1.165, 1.54) is 6.07 Å². The van der Waals surface area contributed by atoms with Gasteiger partial charge in [-0.1, -0.05) is 43.7 Å². The highest BCUT2D eigenvalue weighted by Crippen LogP contribution is 2.39. The first-order valence-corrected chi connectivity index (χ1v) is 9.78. The summed E-state index contributed by atoms with van der Waals surface area (Å²) in [5.41, 5.74) is -0.297. The average Bonchev–Trinajstić information content (AvgIpc) is 2.65. The van der Waals surface area contributed by atoms with Crippen molar-refractivity contribution >= 4 is 23.3 Å². The molecule has 0 radical (unpaired) electrons. The lowest BCUT2D eigenvalue weighted by Crippen LogP contribution is -2.46. The third-order valence-electron chi connectivity index (χ3n) is 4.28. The molecule has 0 saturated heterocycles. The minimum Gasteiger partial charge on any atom is -0.478 e. The Bertz CT molecular complexity index is 881. The second kappa shape index (κ2) is 9.91. The number of aromatic nitrogens is 1. The molecule has 1 aromatic heterocycles. The summed E-state index contributed by atoms with van der Waals surface area (Å²) < 4.78 is 5.66. The Balaban J connectivity index is 2.57. The summed E-state index contributed by atoms with van der Waals surface area (Å²) in [6, 6.07) is 10.8. The lowest BCUT2D eigenvalue weighted by Gasteiger charge is -2.32. The number of rotatable bonds is 9. The summed E-state index contributed by atoms with van der Waals surface area (Å²) in [6.45, 7) is 7.65. The summed E-state index contributed by atoms with van der Waals surface area (Å²) >= 11 is 0. The number of pyridine rings is 1. The Morgan fingerprint density at radius 1 is 1.30 bits per heavy atom. The molecule has 0 atom stereocenters. The molecule has 9 heteroatoms. The van der Waals surface area contributed by atoms with E-state index in [1.807, 2.05) is 37.3 Å².